The van der Waals surface area contributed by atoms with E-state index >= 15 is 0 Å². The van der Waals surface area contributed by atoms with E-state index in [1.165, 1.54) is 0 Å². The number of hydrogen-bond donors (Lipinski definition) is 3. The molecule has 0 heterocycles. The van der Waals surface area contributed by atoms with Crippen molar-refractivity contribution in [1.29, 1.82) is 0 Å². The molecular weight excluding hydrogens is 362 g/mol. The van der Waals surface area contributed by atoms with E-state index in [4.69, 9.17) is 4.74 Å². The number of benzene rings is 2. The summed E-state index contributed by atoms with van der Waals surface area (Å²) in [5.74, 6) is -2.22. The number of rotatable bonds is 6. The molecule has 0 saturated heterocycles. The molecule has 8 heteroatoms. The Morgan fingerprint density at radius 2 is 1.43 bits per heavy atom. The number of hydrazine groups is 1. The van der Waals surface area contributed by atoms with Crippen molar-refractivity contribution in [2.75, 3.05) is 6.61 Å². The standard InChI is InChI=1S/C20H21N3O5/c1-13(2)21-19(26)20(27)23-22-17(24)12-28-16-10-8-15(9-11-16)18(25)14-6-4-3-5-7-14/h3-11,13H,12H2,1-2H3,(H,21,26)(H,22,24)(H,23,27). The van der Waals surface area contributed by atoms with Crippen LogP contribution < -0.4 is 20.9 Å². The minimum absolute atomic E-state index is 0.118. The summed E-state index contributed by atoms with van der Waals surface area (Å²) in [6.07, 6.45) is 0. The Morgan fingerprint density at radius 3 is 2.04 bits per heavy atom. The predicted molar refractivity (Wildman–Crippen MR) is 101 cm³/mol. The summed E-state index contributed by atoms with van der Waals surface area (Å²) in [6, 6.07) is 15.0. The number of carbonyl (C=O) groups excluding carboxylic acids is 4. The van der Waals surface area contributed by atoms with Gasteiger partial charge in [0.2, 0.25) is 0 Å². The molecule has 0 aliphatic carbocycles. The molecule has 0 aliphatic heterocycles. The first-order valence-electron chi connectivity index (χ1n) is 8.59. The summed E-state index contributed by atoms with van der Waals surface area (Å²) < 4.78 is 5.29. The Labute approximate surface area is 162 Å². The third-order valence-electron chi connectivity index (χ3n) is 3.46. The lowest BCUT2D eigenvalue weighted by Crippen LogP contribution is -2.50. The largest absolute Gasteiger partial charge is 0.484 e. The molecule has 2 aromatic rings. The second-order valence-corrected chi connectivity index (χ2v) is 6.14. The summed E-state index contributed by atoms with van der Waals surface area (Å²) >= 11 is 0. The number of amides is 3. The van der Waals surface area contributed by atoms with Crippen molar-refractivity contribution >= 4 is 23.5 Å². The first-order valence-corrected chi connectivity index (χ1v) is 8.59. The second-order valence-electron chi connectivity index (χ2n) is 6.14. The van der Waals surface area contributed by atoms with Crippen molar-refractivity contribution < 1.29 is 23.9 Å². The molecule has 3 amide bonds. The normalized spacial score (nSPS) is 10.1. The minimum atomic E-state index is -0.981. The van der Waals surface area contributed by atoms with E-state index in [2.05, 4.69) is 10.7 Å². The molecule has 2 rings (SSSR count). The number of hydrogen-bond acceptors (Lipinski definition) is 5. The maximum Gasteiger partial charge on any atom is 0.327 e. The highest BCUT2D eigenvalue weighted by molar-refractivity contribution is 6.35. The van der Waals surface area contributed by atoms with Gasteiger partial charge < -0.3 is 10.1 Å². The van der Waals surface area contributed by atoms with Crippen LogP contribution in [-0.4, -0.2) is 36.2 Å². The molecular formula is C20H21N3O5. The van der Waals surface area contributed by atoms with Gasteiger partial charge in [-0.1, -0.05) is 30.3 Å². The Kier molecular flexibility index (Phi) is 7.27. The Hall–Kier alpha value is -3.68. The summed E-state index contributed by atoms with van der Waals surface area (Å²) in [5.41, 5.74) is 5.14. The predicted octanol–water partition coefficient (Wildman–Crippen LogP) is 0.968. The van der Waals surface area contributed by atoms with Crippen molar-refractivity contribution in [3.05, 3.63) is 65.7 Å². The summed E-state index contributed by atoms with van der Waals surface area (Å²) in [5, 5.41) is 2.39. The fraction of sp³-hybridized carbons (Fsp3) is 0.200. The zero-order chi connectivity index (χ0) is 20.5. The molecule has 3 N–H and O–H groups in total. The van der Waals surface area contributed by atoms with E-state index in [1.807, 2.05) is 11.5 Å². The lowest BCUT2D eigenvalue weighted by Gasteiger charge is -2.10. The van der Waals surface area contributed by atoms with Crippen LogP contribution in [0.2, 0.25) is 0 Å². The van der Waals surface area contributed by atoms with Gasteiger partial charge in [-0.2, -0.15) is 0 Å². The highest BCUT2D eigenvalue weighted by Gasteiger charge is 2.15. The third kappa shape index (κ3) is 6.24. The molecule has 0 fully saturated rings. The molecule has 0 atom stereocenters. The smallest absolute Gasteiger partial charge is 0.327 e. The molecule has 0 aliphatic rings. The maximum atomic E-state index is 12.3. The molecule has 0 spiro atoms. The van der Waals surface area contributed by atoms with Crippen molar-refractivity contribution in [3.8, 4) is 5.75 Å². The van der Waals surface area contributed by atoms with Crippen LogP contribution in [0, 0.1) is 0 Å². The molecule has 0 saturated carbocycles. The lowest BCUT2D eigenvalue weighted by atomic mass is 10.0. The van der Waals surface area contributed by atoms with Crippen LogP contribution in [0.3, 0.4) is 0 Å². The first kappa shape index (κ1) is 20.6. The quantitative estimate of drug-likeness (QED) is 0.391. The van der Waals surface area contributed by atoms with E-state index < -0.39 is 17.7 Å². The van der Waals surface area contributed by atoms with Gasteiger partial charge in [0.15, 0.2) is 12.4 Å². The van der Waals surface area contributed by atoms with Crippen molar-refractivity contribution in [2.45, 2.75) is 19.9 Å². The van der Waals surface area contributed by atoms with Crippen LogP contribution in [0.25, 0.3) is 0 Å². The van der Waals surface area contributed by atoms with Crippen molar-refractivity contribution in [3.63, 3.8) is 0 Å². The van der Waals surface area contributed by atoms with Gasteiger partial charge in [-0.15, -0.1) is 0 Å². The van der Waals surface area contributed by atoms with Gasteiger partial charge in [0.05, 0.1) is 0 Å². The van der Waals surface area contributed by atoms with Crippen molar-refractivity contribution in [2.24, 2.45) is 0 Å². The number of nitrogens with one attached hydrogen (secondary N) is 3. The summed E-state index contributed by atoms with van der Waals surface area (Å²) in [6.45, 7) is 3.03. The van der Waals surface area contributed by atoms with E-state index in [0.717, 1.165) is 0 Å². The lowest BCUT2D eigenvalue weighted by molar-refractivity contribution is -0.141. The molecule has 8 nitrogen and oxygen atoms in total. The maximum absolute atomic E-state index is 12.3. The van der Waals surface area contributed by atoms with Gasteiger partial charge in [0.1, 0.15) is 5.75 Å². The highest BCUT2D eigenvalue weighted by Crippen LogP contribution is 2.15. The van der Waals surface area contributed by atoms with E-state index in [9.17, 15) is 19.2 Å². The number of ketones is 1. The molecule has 0 aromatic heterocycles. The number of ether oxygens (including phenoxy) is 1. The Morgan fingerprint density at radius 1 is 0.821 bits per heavy atom. The fourth-order valence-electron chi connectivity index (χ4n) is 2.15. The first-order chi connectivity index (χ1) is 13.4. The van der Waals surface area contributed by atoms with Gasteiger partial charge in [0, 0.05) is 17.2 Å². The molecule has 2 aromatic carbocycles. The van der Waals surface area contributed by atoms with Crippen molar-refractivity contribution in [1.82, 2.24) is 16.2 Å². The van der Waals surface area contributed by atoms with Crippen LogP contribution in [-0.2, 0) is 14.4 Å². The SMILES string of the molecule is CC(C)NC(=O)C(=O)NNC(=O)COc1ccc(C(=O)c2ccccc2)cc1. The molecule has 146 valence electrons. The number of carbonyl (C=O) groups is 4. The van der Waals surface area contributed by atoms with Crippen LogP contribution in [0.1, 0.15) is 29.8 Å². The van der Waals surface area contributed by atoms with Gasteiger partial charge in [-0.05, 0) is 38.1 Å². The van der Waals surface area contributed by atoms with Gasteiger partial charge in [0.25, 0.3) is 5.91 Å². The van der Waals surface area contributed by atoms with Gasteiger partial charge >= 0.3 is 11.8 Å². The van der Waals surface area contributed by atoms with Crippen LogP contribution >= 0.6 is 0 Å². The zero-order valence-corrected chi connectivity index (χ0v) is 15.5. The van der Waals surface area contributed by atoms with Gasteiger partial charge in [-0.3, -0.25) is 30.0 Å². The molecule has 0 radical (unpaired) electrons. The monoisotopic (exact) mass is 383 g/mol. The van der Waals surface area contributed by atoms with Crippen LogP contribution in [0.5, 0.6) is 5.75 Å². The average Bonchev–Trinajstić information content (AvgIpc) is 2.70. The minimum Gasteiger partial charge on any atom is -0.484 e. The van der Waals surface area contributed by atoms with E-state index in [0.29, 0.717) is 16.9 Å². The van der Waals surface area contributed by atoms with Crippen LogP contribution in [0.15, 0.2) is 54.6 Å². The van der Waals surface area contributed by atoms with E-state index in [-0.39, 0.29) is 18.4 Å². The third-order valence-corrected chi connectivity index (χ3v) is 3.46. The second kappa shape index (κ2) is 9.86. The Bertz CT molecular complexity index is 848. The Balaban J connectivity index is 1.80. The fourth-order valence-corrected chi connectivity index (χ4v) is 2.15. The summed E-state index contributed by atoms with van der Waals surface area (Å²) in [4.78, 5) is 46.9. The zero-order valence-electron chi connectivity index (χ0n) is 15.5. The molecule has 0 unspecified atom stereocenters. The molecule has 28 heavy (non-hydrogen) atoms. The topological polar surface area (TPSA) is 114 Å². The summed E-state index contributed by atoms with van der Waals surface area (Å²) in [7, 11) is 0. The molecule has 0 bridgehead atoms. The highest BCUT2D eigenvalue weighted by atomic mass is 16.5. The van der Waals surface area contributed by atoms with Gasteiger partial charge in [-0.25, -0.2) is 0 Å². The average molecular weight is 383 g/mol. The van der Waals surface area contributed by atoms with E-state index in [1.54, 1.807) is 62.4 Å². The van der Waals surface area contributed by atoms with Crippen LogP contribution in [0.4, 0.5) is 0 Å².